The van der Waals surface area contributed by atoms with E-state index in [1.807, 2.05) is 28.8 Å². The molecule has 3 heterocycles. The Morgan fingerprint density at radius 2 is 2.04 bits per heavy atom. The molecule has 8 heteroatoms. The molecule has 25 heavy (non-hydrogen) atoms. The molecular formula is C17H26N6O2. The number of fused-ring (bicyclic) bond motifs is 1. The smallest absolute Gasteiger partial charge is 0.315 e. The Morgan fingerprint density at radius 1 is 1.28 bits per heavy atom. The fourth-order valence-electron chi connectivity index (χ4n) is 3.18. The molecule has 8 nitrogen and oxygen atoms in total. The molecule has 2 aromatic rings. The number of hydrogen-bond acceptors (Lipinski definition) is 5. The van der Waals surface area contributed by atoms with Gasteiger partial charge in [-0.25, -0.2) is 4.79 Å². The van der Waals surface area contributed by atoms with Crippen LogP contribution in [0.1, 0.15) is 26.6 Å². The highest BCUT2D eigenvalue weighted by atomic mass is 16.5. The van der Waals surface area contributed by atoms with Gasteiger partial charge in [0.15, 0.2) is 11.5 Å². The monoisotopic (exact) mass is 346 g/mol. The van der Waals surface area contributed by atoms with Gasteiger partial charge in [-0.15, -0.1) is 10.2 Å². The topological polar surface area (TPSA) is 83.8 Å². The summed E-state index contributed by atoms with van der Waals surface area (Å²) in [6, 6.07) is 5.75. The van der Waals surface area contributed by atoms with Crippen LogP contribution in [0.4, 0.5) is 4.79 Å². The van der Waals surface area contributed by atoms with Crippen molar-refractivity contribution in [2.75, 3.05) is 19.6 Å². The minimum absolute atomic E-state index is 0.200. The summed E-state index contributed by atoms with van der Waals surface area (Å²) >= 11 is 0. The van der Waals surface area contributed by atoms with Crippen LogP contribution in [0.3, 0.4) is 0 Å². The van der Waals surface area contributed by atoms with Crippen LogP contribution in [0, 0.1) is 0 Å². The highest BCUT2D eigenvalue weighted by Crippen LogP contribution is 2.13. The van der Waals surface area contributed by atoms with Crippen molar-refractivity contribution < 1.29 is 9.53 Å². The molecule has 1 saturated heterocycles. The maximum atomic E-state index is 12.1. The van der Waals surface area contributed by atoms with Gasteiger partial charge >= 0.3 is 6.03 Å². The summed E-state index contributed by atoms with van der Waals surface area (Å²) in [4.78, 5) is 14.4. The van der Waals surface area contributed by atoms with E-state index in [-0.39, 0.29) is 24.3 Å². The van der Waals surface area contributed by atoms with Gasteiger partial charge in [0.05, 0.1) is 18.8 Å². The van der Waals surface area contributed by atoms with Crippen LogP contribution >= 0.6 is 0 Å². The number of ether oxygens (including phenoxy) is 1. The van der Waals surface area contributed by atoms with Crippen LogP contribution in [-0.2, 0) is 11.3 Å². The lowest BCUT2D eigenvalue weighted by Gasteiger charge is -2.38. The summed E-state index contributed by atoms with van der Waals surface area (Å²) in [6.45, 7) is 8.98. The molecular weight excluding hydrogens is 320 g/mol. The van der Waals surface area contributed by atoms with Gasteiger partial charge in [-0.05, 0) is 32.9 Å². The number of aromatic nitrogens is 3. The number of amides is 2. The minimum atomic E-state index is -0.200. The van der Waals surface area contributed by atoms with E-state index >= 15 is 0 Å². The Morgan fingerprint density at radius 3 is 2.80 bits per heavy atom. The quantitative estimate of drug-likeness (QED) is 0.845. The van der Waals surface area contributed by atoms with E-state index in [1.165, 1.54) is 0 Å². The first-order valence-electron chi connectivity index (χ1n) is 8.72. The van der Waals surface area contributed by atoms with E-state index in [0.29, 0.717) is 18.9 Å². The Kier molecular flexibility index (Phi) is 5.50. The summed E-state index contributed by atoms with van der Waals surface area (Å²) in [6.07, 6.45) is 2.33. The SMILES string of the molecule is C[C@@H]1CN([C@@H](C)CNC(=O)NCc2nnc3ccccn23)C[C@H](C)O1. The van der Waals surface area contributed by atoms with Gasteiger partial charge in [-0.3, -0.25) is 9.30 Å². The molecule has 2 N–H and O–H groups in total. The van der Waals surface area contributed by atoms with Gasteiger partial charge in [0.25, 0.3) is 0 Å². The van der Waals surface area contributed by atoms with Crippen LogP contribution < -0.4 is 10.6 Å². The van der Waals surface area contributed by atoms with Crippen LogP contribution in [0.5, 0.6) is 0 Å². The first kappa shape index (κ1) is 17.6. The minimum Gasteiger partial charge on any atom is -0.373 e. The van der Waals surface area contributed by atoms with Crippen molar-refractivity contribution in [3.8, 4) is 0 Å². The van der Waals surface area contributed by atoms with Crippen LogP contribution in [0.15, 0.2) is 24.4 Å². The van der Waals surface area contributed by atoms with E-state index in [9.17, 15) is 4.79 Å². The molecule has 0 aliphatic carbocycles. The second-order valence-corrected chi connectivity index (χ2v) is 6.67. The fourth-order valence-corrected chi connectivity index (χ4v) is 3.18. The number of nitrogens with zero attached hydrogens (tertiary/aromatic N) is 4. The Labute approximate surface area is 147 Å². The molecule has 2 amide bonds. The molecule has 0 aromatic carbocycles. The standard InChI is InChI=1S/C17H26N6O2/c1-12(22-10-13(2)25-14(3)11-22)8-18-17(24)19-9-16-21-20-15-6-4-5-7-23(15)16/h4-7,12-14H,8-11H2,1-3H3,(H2,18,19,24)/t12-,13-,14+/m0/s1. The average Bonchev–Trinajstić information content (AvgIpc) is 3.00. The van der Waals surface area contributed by atoms with Crippen molar-refractivity contribution in [3.63, 3.8) is 0 Å². The van der Waals surface area contributed by atoms with Gasteiger partial charge in [0.2, 0.25) is 0 Å². The van der Waals surface area contributed by atoms with Crippen molar-refractivity contribution in [1.82, 2.24) is 30.1 Å². The molecule has 1 aliphatic heterocycles. The summed E-state index contributed by atoms with van der Waals surface area (Å²) in [5.41, 5.74) is 0.767. The second-order valence-electron chi connectivity index (χ2n) is 6.67. The number of carbonyl (C=O) groups excluding carboxylic acids is 1. The third-order valence-corrected chi connectivity index (χ3v) is 4.42. The molecule has 2 aromatic heterocycles. The molecule has 3 atom stereocenters. The number of rotatable bonds is 5. The third-order valence-electron chi connectivity index (χ3n) is 4.42. The van der Waals surface area contributed by atoms with E-state index in [0.717, 1.165) is 18.7 Å². The van der Waals surface area contributed by atoms with E-state index < -0.39 is 0 Å². The molecule has 0 saturated carbocycles. The zero-order valence-electron chi connectivity index (χ0n) is 15.0. The number of nitrogens with one attached hydrogen (secondary N) is 2. The van der Waals surface area contributed by atoms with Crippen molar-refractivity contribution in [1.29, 1.82) is 0 Å². The molecule has 0 bridgehead atoms. The van der Waals surface area contributed by atoms with E-state index in [4.69, 9.17) is 4.74 Å². The zero-order valence-corrected chi connectivity index (χ0v) is 15.0. The fraction of sp³-hybridized carbons (Fsp3) is 0.588. The van der Waals surface area contributed by atoms with Gasteiger partial charge < -0.3 is 15.4 Å². The maximum absolute atomic E-state index is 12.1. The van der Waals surface area contributed by atoms with Crippen LogP contribution in [0.2, 0.25) is 0 Å². The number of hydrogen-bond donors (Lipinski definition) is 2. The van der Waals surface area contributed by atoms with Crippen molar-refractivity contribution in [2.24, 2.45) is 0 Å². The molecule has 0 radical (unpaired) electrons. The number of carbonyl (C=O) groups is 1. The van der Waals surface area contributed by atoms with Gasteiger partial charge in [-0.2, -0.15) is 0 Å². The van der Waals surface area contributed by atoms with Crippen molar-refractivity contribution >= 4 is 11.7 Å². The average molecular weight is 346 g/mol. The third kappa shape index (κ3) is 4.46. The first-order chi connectivity index (χ1) is 12.0. The lowest BCUT2D eigenvalue weighted by atomic mass is 10.2. The molecule has 3 rings (SSSR count). The Bertz CT molecular complexity index is 708. The highest BCUT2D eigenvalue weighted by molar-refractivity contribution is 5.73. The van der Waals surface area contributed by atoms with Gasteiger partial charge in [0.1, 0.15) is 0 Å². The molecule has 1 fully saturated rings. The highest BCUT2D eigenvalue weighted by Gasteiger charge is 2.25. The Balaban J connectivity index is 1.45. The van der Waals surface area contributed by atoms with Gasteiger partial charge in [0, 0.05) is 31.9 Å². The molecule has 0 spiro atoms. The second kappa shape index (κ2) is 7.79. The van der Waals surface area contributed by atoms with Crippen molar-refractivity contribution in [2.45, 2.75) is 45.6 Å². The normalized spacial score (nSPS) is 22.7. The van der Waals surface area contributed by atoms with Crippen LogP contribution in [0.25, 0.3) is 5.65 Å². The largest absolute Gasteiger partial charge is 0.373 e. The Hall–Kier alpha value is -2.19. The predicted octanol–water partition coefficient (Wildman–Crippen LogP) is 1.03. The molecule has 1 aliphatic rings. The van der Waals surface area contributed by atoms with Crippen molar-refractivity contribution in [3.05, 3.63) is 30.2 Å². The van der Waals surface area contributed by atoms with Crippen LogP contribution in [-0.4, -0.2) is 63.4 Å². The molecule has 136 valence electrons. The first-order valence-corrected chi connectivity index (χ1v) is 8.72. The predicted molar refractivity (Wildman–Crippen MR) is 94.3 cm³/mol. The van der Waals surface area contributed by atoms with E-state index in [2.05, 4.69) is 46.5 Å². The summed E-state index contributed by atoms with van der Waals surface area (Å²) in [5, 5.41) is 13.9. The molecule has 0 unspecified atom stereocenters. The lowest BCUT2D eigenvalue weighted by molar-refractivity contribution is -0.0778. The zero-order chi connectivity index (χ0) is 17.8. The summed E-state index contributed by atoms with van der Waals surface area (Å²) < 4.78 is 7.61. The van der Waals surface area contributed by atoms with Gasteiger partial charge in [-0.1, -0.05) is 6.07 Å². The summed E-state index contributed by atoms with van der Waals surface area (Å²) in [7, 11) is 0. The van der Waals surface area contributed by atoms with E-state index in [1.54, 1.807) is 0 Å². The lowest BCUT2D eigenvalue weighted by Crippen LogP contribution is -2.53. The maximum Gasteiger partial charge on any atom is 0.315 e. The summed E-state index contributed by atoms with van der Waals surface area (Å²) in [5.74, 6) is 0.703. The number of urea groups is 1. The number of morpholine rings is 1. The number of pyridine rings is 1.